The molecule has 280 valence electrons. The van der Waals surface area contributed by atoms with E-state index < -0.39 is 0 Å². The molecule has 2 N–H and O–H groups in total. The lowest BCUT2D eigenvalue weighted by Crippen LogP contribution is -2.36. The number of amidine groups is 4. The van der Waals surface area contributed by atoms with Gasteiger partial charge in [-0.25, -0.2) is 20.0 Å². The molecule has 0 aromatic heterocycles. The lowest BCUT2D eigenvalue weighted by atomic mass is 10.1. The van der Waals surface area contributed by atoms with E-state index in [1.165, 1.54) is 33.4 Å². The molecule has 6 nitrogen and oxygen atoms in total. The van der Waals surface area contributed by atoms with E-state index in [4.69, 9.17) is 20.0 Å². The summed E-state index contributed by atoms with van der Waals surface area (Å²) in [5.74, 6) is 8.85. The second-order valence-electron chi connectivity index (χ2n) is 14.7. The van der Waals surface area contributed by atoms with E-state index in [-0.39, 0.29) is 12.3 Å². The molecule has 0 fully saturated rings. The number of aliphatic imine (C=N–C) groups is 4. The van der Waals surface area contributed by atoms with E-state index in [9.17, 15) is 0 Å². The molecule has 35 rings (SSSR count). The van der Waals surface area contributed by atoms with Gasteiger partial charge in [-0.2, -0.15) is 35.3 Å². The highest BCUT2D eigenvalue weighted by Gasteiger charge is 2.23. The molecule has 0 radical (unpaired) electrons. The maximum absolute atomic E-state index is 5.18. The third-order valence-electron chi connectivity index (χ3n) is 10.6. The van der Waals surface area contributed by atoms with Gasteiger partial charge in [0.15, 0.2) is 12.3 Å². The minimum atomic E-state index is -0.348. The summed E-state index contributed by atoms with van der Waals surface area (Å²) < 4.78 is 0. The molecule has 9 heteroatoms. The predicted molar refractivity (Wildman–Crippen MR) is 242 cm³/mol. The van der Waals surface area contributed by atoms with Crippen LogP contribution in [-0.4, -0.2) is 23.3 Å². The summed E-state index contributed by atoms with van der Waals surface area (Å²) in [6.07, 6.45) is -0.696. The van der Waals surface area contributed by atoms with Gasteiger partial charge >= 0.3 is 0 Å². The summed E-state index contributed by atoms with van der Waals surface area (Å²) in [6, 6.07) is 52.9. The smallest absolute Gasteiger partial charge is 0.169 e. The van der Waals surface area contributed by atoms with Gasteiger partial charge in [-0.3, -0.25) is 0 Å². The molecule has 0 saturated heterocycles. The van der Waals surface area contributed by atoms with Crippen LogP contribution in [0.1, 0.15) is 79.1 Å². The van der Waals surface area contributed by atoms with Crippen LogP contribution in [0.2, 0.25) is 0 Å². The van der Waals surface area contributed by atoms with Crippen LogP contribution in [0.25, 0.3) is 0 Å². The topological polar surface area (TPSA) is 73.5 Å². The summed E-state index contributed by atoms with van der Waals surface area (Å²) in [4.78, 5) is 20.7. The second kappa shape index (κ2) is 16.3. The fraction of sp³-hybridized carbons (Fsp3) is 0.167. The van der Waals surface area contributed by atoms with Gasteiger partial charge in [0, 0.05) is 56.8 Å². The number of rotatable bonds is 0. The standard InChI is InChI=1S/C48H40N6S3/c1-13-37-14-2-31(1)25-55-26-32-3-15-40(16-4-32)46-52-47-41-21-9-35(10-22-41)29-56-27-33-5-17-38(18-6-33)44-49-43(37)50-45(51-44)39-19-7-34(8-20-39)28-57-30-36-11-23-42(24-12-36)48(53-46)54-47/h1-24,43,46H,25-30H2,(H,49,50,51)(H,52,53,54). The number of thioether (sulfide) groups is 3. The number of benzene rings is 6. The van der Waals surface area contributed by atoms with Gasteiger partial charge < -0.3 is 10.6 Å². The molecule has 29 aliphatic heterocycles. The van der Waals surface area contributed by atoms with Crippen LogP contribution in [0.5, 0.6) is 0 Å². The van der Waals surface area contributed by atoms with Gasteiger partial charge in [0.25, 0.3) is 0 Å². The zero-order chi connectivity index (χ0) is 38.0. The van der Waals surface area contributed by atoms with Crippen molar-refractivity contribution >= 4 is 58.6 Å². The first-order valence-electron chi connectivity index (χ1n) is 19.3. The molecular weight excluding hydrogens is 757 g/mol. The Bertz CT molecular complexity index is 2200. The monoisotopic (exact) mass is 796 g/mol. The lowest BCUT2D eigenvalue weighted by Gasteiger charge is -2.23. The van der Waals surface area contributed by atoms with Crippen LogP contribution in [0.4, 0.5) is 0 Å². The fourth-order valence-corrected chi connectivity index (χ4v) is 10.1. The van der Waals surface area contributed by atoms with E-state index in [0.29, 0.717) is 0 Å². The third-order valence-corrected chi connectivity index (χ3v) is 13.8. The molecule has 0 unspecified atom stereocenters. The lowest BCUT2D eigenvalue weighted by molar-refractivity contribution is 0.755. The first kappa shape index (κ1) is 36.0. The van der Waals surface area contributed by atoms with Crippen molar-refractivity contribution in [2.24, 2.45) is 20.0 Å². The highest BCUT2D eigenvalue weighted by Crippen LogP contribution is 2.30. The van der Waals surface area contributed by atoms with E-state index in [2.05, 4.69) is 156 Å². The fourth-order valence-electron chi connectivity index (χ4n) is 7.25. The average Bonchev–Trinajstić information content (AvgIpc) is 3.27. The Hall–Kier alpha value is -5.35. The van der Waals surface area contributed by atoms with E-state index in [0.717, 1.165) is 91.2 Å². The minimum absolute atomic E-state index is 0.348. The maximum Gasteiger partial charge on any atom is 0.169 e. The van der Waals surface area contributed by atoms with Crippen LogP contribution in [-0.2, 0) is 34.5 Å². The molecule has 0 saturated carbocycles. The van der Waals surface area contributed by atoms with Gasteiger partial charge in [0.1, 0.15) is 23.3 Å². The van der Waals surface area contributed by atoms with Crippen molar-refractivity contribution in [1.29, 1.82) is 0 Å². The van der Waals surface area contributed by atoms with E-state index >= 15 is 0 Å². The highest BCUT2D eigenvalue weighted by molar-refractivity contribution is 7.98. The molecule has 0 aliphatic carbocycles. The van der Waals surface area contributed by atoms with Crippen molar-refractivity contribution in [2.75, 3.05) is 0 Å². The second-order valence-corrected chi connectivity index (χ2v) is 17.6. The molecule has 57 heavy (non-hydrogen) atoms. The quantitative estimate of drug-likeness (QED) is 0.160. The Morgan fingerprint density at radius 3 is 0.737 bits per heavy atom. The Balaban J connectivity index is 1.06. The number of hydrogen-bond donors (Lipinski definition) is 2. The molecule has 6 aromatic rings. The van der Waals surface area contributed by atoms with Gasteiger partial charge in [0.2, 0.25) is 0 Å². The molecule has 29 heterocycles. The van der Waals surface area contributed by atoms with Gasteiger partial charge in [-0.15, -0.1) is 0 Å². The van der Waals surface area contributed by atoms with Crippen LogP contribution in [0.3, 0.4) is 0 Å². The summed E-state index contributed by atoms with van der Waals surface area (Å²) in [5.41, 5.74) is 14.1. The van der Waals surface area contributed by atoms with E-state index in [1.807, 2.05) is 35.3 Å². The Morgan fingerprint density at radius 2 is 0.509 bits per heavy atom. The summed E-state index contributed by atoms with van der Waals surface area (Å²) >= 11 is 5.75. The van der Waals surface area contributed by atoms with Crippen molar-refractivity contribution in [3.8, 4) is 0 Å². The van der Waals surface area contributed by atoms with Gasteiger partial charge in [-0.05, 0) is 44.5 Å². The summed E-state index contributed by atoms with van der Waals surface area (Å²) in [6.45, 7) is 0. The van der Waals surface area contributed by atoms with Crippen LogP contribution >= 0.6 is 35.3 Å². The SMILES string of the molecule is c1cc2ccc1CSCc1ccc(cc1)C1=NC3N=C(N1)c1ccc(cc1)CSCc1ccc(cc1)C1=NC(N=C2N1)c1ccc(cc1)CSCc1ccc3cc1. The van der Waals surface area contributed by atoms with E-state index in [1.54, 1.807) is 0 Å². The number of hydrogen-bond acceptors (Lipinski definition) is 9. The van der Waals surface area contributed by atoms with Crippen molar-refractivity contribution in [2.45, 2.75) is 46.8 Å². The average molecular weight is 797 g/mol. The zero-order valence-electron chi connectivity index (χ0n) is 31.3. The normalized spacial score (nSPS) is 18.9. The van der Waals surface area contributed by atoms with Crippen molar-refractivity contribution < 1.29 is 0 Å². The molecular formula is C48H40N6S3. The Kier molecular flexibility index (Phi) is 10.3. The first-order valence-corrected chi connectivity index (χ1v) is 22.8. The third kappa shape index (κ3) is 8.24. The molecule has 18 bridgehead atoms. The minimum Gasteiger partial charge on any atom is -0.324 e. The molecule has 6 aromatic carbocycles. The van der Waals surface area contributed by atoms with Crippen molar-refractivity contribution in [3.63, 3.8) is 0 Å². The summed E-state index contributed by atoms with van der Waals surface area (Å²) in [7, 11) is 0. The van der Waals surface area contributed by atoms with Crippen LogP contribution in [0, 0.1) is 0 Å². The van der Waals surface area contributed by atoms with Crippen molar-refractivity contribution in [3.05, 3.63) is 212 Å². The van der Waals surface area contributed by atoms with Crippen LogP contribution in [0.15, 0.2) is 166 Å². The van der Waals surface area contributed by atoms with Crippen LogP contribution < -0.4 is 10.6 Å². The van der Waals surface area contributed by atoms with Gasteiger partial charge in [-0.1, -0.05) is 146 Å². The number of nitrogens with one attached hydrogen (secondary N) is 2. The molecule has 0 amide bonds. The Labute approximate surface area is 346 Å². The number of nitrogens with zero attached hydrogens (tertiary/aromatic N) is 4. The summed E-state index contributed by atoms with van der Waals surface area (Å²) in [5, 5.41) is 7.22. The van der Waals surface area contributed by atoms with Gasteiger partial charge in [0.05, 0.1) is 0 Å². The predicted octanol–water partition coefficient (Wildman–Crippen LogP) is 10.6. The zero-order valence-corrected chi connectivity index (χ0v) is 33.7. The Morgan fingerprint density at radius 1 is 0.298 bits per heavy atom. The molecule has 0 atom stereocenters. The molecule has 0 spiro atoms. The first-order chi connectivity index (χ1) is 28.1. The largest absolute Gasteiger partial charge is 0.324 e. The maximum atomic E-state index is 5.18. The highest BCUT2D eigenvalue weighted by atomic mass is 32.2. The van der Waals surface area contributed by atoms with Crippen molar-refractivity contribution in [1.82, 2.24) is 10.6 Å². The molecule has 29 aliphatic rings.